The summed E-state index contributed by atoms with van der Waals surface area (Å²) in [6.45, 7) is 16.0. The van der Waals surface area contributed by atoms with E-state index in [2.05, 4.69) is 4.98 Å². The first-order valence-corrected chi connectivity index (χ1v) is 11.4. The Balaban J connectivity index is 0.000000277. The molecule has 176 valence electrons. The first kappa shape index (κ1) is 26.9. The molecule has 0 aliphatic rings. The van der Waals surface area contributed by atoms with Gasteiger partial charge in [-0.25, -0.2) is 14.6 Å². The number of hydrogen-bond donors (Lipinski definition) is 0. The van der Waals surface area contributed by atoms with Crippen molar-refractivity contribution in [2.75, 3.05) is 0 Å². The Morgan fingerprint density at radius 3 is 1.62 bits per heavy atom. The molecular formula is C25H39N5O2. The van der Waals surface area contributed by atoms with Gasteiger partial charge in [0, 0.05) is 32.4 Å². The van der Waals surface area contributed by atoms with Crippen molar-refractivity contribution in [3.63, 3.8) is 0 Å². The number of para-hydroxylation sites is 2. The van der Waals surface area contributed by atoms with Gasteiger partial charge in [-0.1, -0.05) is 39.8 Å². The summed E-state index contributed by atoms with van der Waals surface area (Å²) >= 11 is 0. The van der Waals surface area contributed by atoms with Gasteiger partial charge in [0.2, 0.25) is 0 Å². The molecule has 32 heavy (non-hydrogen) atoms. The third-order valence-corrected chi connectivity index (χ3v) is 4.88. The van der Waals surface area contributed by atoms with Gasteiger partial charge >= 0.3 is 11.4 Å². The summed E-state index contributed by atoms with van der Waals surface area (Å²) in [5, 5.41) is 0. The summed E-state index contributed by atoms with van der Waals surface area (Å²) in [5.74, 6) is 0. The van der Waals surface area contributed by atoms with E-state index in [1.165, 1.54) is 0 Å². The molecule has 0 bridgehead atoms. The van der Waals surface area contributed by atoms with Crippen molar-refractivity contribution in [2.24, 2.45) is 14.1 Å². The highest BCUT2D eigenvalue weighted by Gasteiger charge is 2.13. The number of fused-ring (bicyclic) bond motifs is 2. The zero-order valence-electron chi connectivity index (χ0n) is 21.2. The zero-order valence-corrected chi connectivity index (χ0v) is 21.2. The minimum absolute atomic E-state index is 0.00583. The maximum absolute atomic E-state index is 11.9. The summed E-state index contributed by atoms with van der Waals surface area (Å²) in [6, 6.07) is 11.9. The van der Waals surface area contributed by atoms with E-state index in [-0.39, 0.29) is 23.5 Å². The predicted molar refractivity (Wildman–Crippen MR) is 136 cm³/mol. The lowest BCUT2D eigenvalue weighted by molar-refractivity contribution is 0.579. The van der Waals surface area contributed by atoms with Crippen LogP contribution in [0.3, 0.4) is 0 Å². The zero-order chi connectivity index (χ0) is 24.6. The van der Waals surface area contributed by atoms with Crippen molar-refractivity contribution < 1.29 is 0 Å². The van der Waals surface area contributed by atoms with Crippen LogP contribution in [0.1, 0.15) is 67.5 Å². The number of benzene rings is 1. The van der Waals surface area contributed by atoms with E-state index in [1.807, 2.05) is 103 Å². The van der Waals surface area contributed by atoms with Crippen molar-refractivity contribution >= 4 is 22.2 Å². The minimum atomic E-state index is -0.00583. The van der Waals surface area contributed by atoms with Gasteiger partial charge in [0.15, 0.2) is 5.65 Å². The number of nitrogens with zero attached hydrogens (tertiary/aromatic N) is 5. The van der Waals surface area contributed by atoms with Crippen LogP contribution in [-0.4, -0.2) is 23.3 Å². The van der Waals surface area contributed by atoms with Crippen LogP contribution in [0.5, 0.6) is 0 Å². The van der Waals surface area contributed by atoms with Crippen LogP contribution in [0.15, 0.2) is 52.2 Å². The fourth-order valence-corrected chi connectivity index (χ4v) is 3.47. The Hall–Kier alpha value is -3.09. The molecule has 7 nitrogen and oxygen atoms in total. The number of hydrogen-bond acceptors (Lipinski definition) is 3. The molecular weight excluding hydrogens is 402 g/mol. The molecule has 0 saturated heterocycles. The monoisotopic (exact) mass is 441 g/mol. The van der Waals surface area contributed by atoms with E-state index in [9.17, 15) is 9.59 Å². The molecule has 0 radical (unpaired) electrons. The van der Waals surface area contributed by atoms with Crippen LogP contribution in [0.25, 0.3) is 22.2 Å². The highest BCUT2D eigenvalue weighted by atomic mass is 16.2. The Kier molecular flexibility index (Phi) is 10.2. The second-order valence-electron chi connectivity index (χ2n) is 7.45. The number of aryl methyl sites for hydroxylation is 2. The Labute approximate surface area is 190 Å². The highest BCUT2D eigenvalue weighted by molar-refractivity contribution is 5.76. The lowest BCUT2D eigenvalue weighted by Crippen LogP contribution is -2.23. The normalized spacial score (nSPS) is 10.4. The van der Waals surface area contributed by atoms with Crippen molar-refractivity contribution in [2.45, 2.75) is 67.5 Å². The molecule has 4 rings (SSSR count). The Morgan fingerprint density at radius 2 is 1.09 bits per heavy atom. The molecule has 7 heteroatoms. The first-order valence-electron chi connectivity index (χ1n) is 11.4. The van der Waals surface area contributed by atoms with Gasteiger partial charge in [-0.15, -0.1) is 0 Å². The van der Waals surface area contributed by atoms with Gasteiger partial charge < -0.3 is 0 Å². The second-order valence-corrected chi connectivity index (χ2v) is 7.45. The molecule has 0 spiro atoms. The van der Waals surface area contributed by atoms with Crippen LogP contribution < -0.4 is 11.4 Å². The molecule has 0 atom stereocenters. The van der Waals surface area contributed by atoms with Crippen molar-refractivity contribution in [1.82, 2.24) is 23.3 Å². The van der Waals surface area contributed by atoms with E-state index in [4.69, 9.17) is 0 Å². The predicted octanol–water partition coefficient (Wildman–Crippen LogP) is 5.29. The summed E-state index contributed by atoms with van der Waals surface area (Å²) in [7, 11) is 3.58. The SMILES string of the molecule is CC.CC.CC(C)n1c(=O)n(C)c2ccccc21.CC(C)n1c(=O)n(C)c2cccnc21. The van der Waals surface area contributed by atoms with Crippen LogP contribution in [0.2, 0.25) is 0 Å². The second kappa shape index (κ2) is 12.1. The molecule has 4 aromatic rings. The van der Waals surface area contributed by atoms with E-state index < -0.39 is 0 Å². The van der Waals surface area contributed by atoms with E-state index in [0.29, 0.717) is 0 Å². The molecule has 0 fully saturated rings. The number of pyridine rings is 1. The minimum Gasteiger partial charge on any atom is -0.295 e. The topological polar surface area (TPSA) is 66.8 Å². The van der Waals surface area contributed by atoms with Crippen molar-refractivity contribution in [1.29, 1.82) is 0 Å². The molecule has 0 saturated carbocycles. The van der Waals surface area contributed by atoms with E-state index >= 15 is 0 Å². The fourth-order valence-electron chi connectivity index (χ4n) is 3.47. The van der Waals surface area contributed by atoms with Gasteiger partial charge in [-0.05, 0) is 52.0 Å². The molecule has 3 aromatic heterocycles. The van der Waals surface area contributed by atoms with Crippen LogP contribution in [0.4, 0.5) is 0 Å². The van der Waals surface area contributed by atoms with Gasteiger partial charge in [-0.3, -0.25) is 18.3 Å². The number of imidazole rings is 2. The van der Waals surface area contributed by atoms with Crippen LogP contribution >= 0.6 is 0 Å². The van der Waals surface area contributed by atoms with E-state index in [1.54, 1.807) is 26.9 Å². The Morgan fingerprint density at radius 1 is 0.656 bits per heavy atom. The average molecular weight is 442 g/mol. The molecule has 0 unspecified atom stereocenters. The van der Waals surface area contributed by atoms with Gasteiger partial charge in [0.05, 0.1) is 16.6 Å². The highest BCUT2D eigenvalue weighted by Crippen LogP contribution is 2.15. The fraction of sp³-hybridized carbons (Fsp3) is 0.480. The summed E-state index contributed by atoms with van der Waals surface area (Å²) < 4.78 is 6.84. The standard InChI is InChI=1S/C11H14N2O.C10H13N3O.2C2H6/c1-8(2)13-10-7-5-4-6-9(10)12(3)11(13)14;1-7(2)13-9-8(5-4-6-11-9)12(3)10(13)14;2*1-2/h4-8H,1-3H3;4-7H,1-3H3;2*1-2H3. The van der Waals surface area contributed by atoms with Crippen LogP contribution in [-0.2, 0) is 14.1 Å². The first-order chi connectivity index (χ1) is 15.3. The molecule has 0 amide bonds. The molecule has 0 aliphatic carbocycles. The van der Waals surface area contributed by atoms with Crippen molar-refractivity contribution in [3.8, 4) is 0 Å². The lowest BCUT2D eigenvalue weighted by atomic mass is 10.3. The third kappa shape index (κ3) is 5.21. The van der Waals surface area contributed by atoms with Gasteiger partial charge in [-0.2, -0.15) is 0 Å². The summed E-state index contributed by atoms with van der Waals surface area (Å²) in [5.41, 5.74) is 3.69. The van der Waals surface area contributed by atoms with Crippen LogP contribution in [0, 0.1) is 0 Å². The van der Waals surface area contributed by atoms with Crippen molar-refractivity contribution in [3.05, 3.63) is 63.6 Å². The summed E-state index contributed by atoms with van der Waals surface area (Å²) in [4.78, 5) is 27.9. The molecule has 0 aliphatic heterocycles. The largest absolute Gasteiger partial charge is 0.330 e. The number of aromatic nitrogens is 5. The number of rotatable bonds is 2. The van der Waals surface area contributed by atoms with Gasteiger partial charge in [0.25, 0.3) is 0 Å². The third-order valence-electron chi connectivity index (χ3n) is 4.88. The molecule has 0 N–H and O–H groups in total. The maximum Gasteiger partial charge on any atom is 0.330 e. The summed E-state index contributed by atoms with van der Waals surface area (Å²) in [6.07, 6.45) is 1.71. The molecule has 1 aromatic carbocycles. The smallest absolute Gasteiger partial charge is 0.295 e. The maximum atomic E-state index is 11.9. The van der Waals surface area contributed by atoms with E-state index in [0.717, 1.165) is 22.2 Å². The van der Waals surface area contributed by atoms with Gasteiger partial charge in [0.1, 0.15) is 0 Å². The quantitative estimate of drug-likeness (QED) is 0.424. The lowest BCUT2D eigenvalue weighted by Gasteiger charge is -2.05. The Bertz CT molecular complexity index is 1140. The molecule has 3 heterocycles. The average Bonchev–Trinajstić information content (AvgIpc) is 3.22.